The number of aromatic carboxylic acids is 1. The number of hydrogen-bond donors (Lipinski definition) is 3. The third-order valence-corrected chi connectivity index (χ3v) is 1.21. The fraction of sp³-hybridized carbons (Fsp3) is 0. The summed E-state index contributed by atoms with van der Waals surface area (Å²) >= 11 is 0. The first-order chi connectivity index (χ1) is 5.11. The van der Waals surface area contributed by atoms with Gasteiger partial charge in [-0.15, -0.1) is 0 Å². The predicted octanol–water partition coefficient (Wildman–Crippen LogP) is 0.415. The molecule has 0 spiro atoms. The Kier molecular flexibility index (Phi) is 3.88. The minimum Gasteiger partial charge on any atom is -0.508 e. The van der Waals surface area contributed by atoms with Crippen molar-refractivity contribution in [2.45, 2.75) is 0 Å². The zero-order valence-corrected chi connectivity index (χ0v) is 8.84. The van der Waals surface area contributed by atoms with Crippen LogP contribution >= 0.6 is 0 Å². The van der Waals surface area contributed by atoms with Crippen molar-refractivity contribution in [2.75, 3.05) is 0 Å². The summed E-state index contributed by atoms with van der Waals surface area (Å²) in [5.74, 6) is -1.80. The number of rotatable bonds is 1. The fourth-order valence-electron chi connectivity index (χ4n) is 0.695. The van der Waals surface area contributed by atoms with Crippen LogP contribution in [0.15, 0.2) is 18.2 Å². The van der Waals surface area contributed by atoms with E-state index in [1.54, 1.807) is 0 Å². The van der Waals surface area contributed by atoms with Gasteiger partial charge in [-0.25, -0.2) is 4.79 Å². The zero-order valence-electron chi connectivity index (χ0n) is 5.98. The minimum atomic E-state index is -1.27. The van der Waals surface area contributed by atoms with Crippen LogP contribution in [0.2, 0.25) is 0 Å². The van der Waals surface area contributed by atoms with Crippen LogP contribution in [0.4, 0.5) is 0 Å². The molecule has 0 fully saturated rings. The predicted molar refractivity (Wildman–Crippen MR) is 42.5 cm³/mol. The molecule has 12 heavy (non-hydrogen) atoms. The summed E-state index contributed by atoms with van der Waals surface area (Å²) in [4.78, 5) is 10.3. The van der Waals surface area contributed by atoms with Crippen molar-refractivity contribution >= 4 is 29.9 Å². The molecule has 1 aromatic rings. The Balaban J connectivity index is 0.00000121. The average Bonchev–Trinajstić information content (AvgIpc) is 1.94. The molecule has 62 valence electrons. The number of phenolic OH excluding ortho intramolecular Hbond substituents is 1. The van der Waals surface area contributed by atoms with Gasteiger partial charge in [0.1, 0.15) is 17.1 Å². The van der Waals surface area contributed by atoms with Crippen molar-refractivity contribution in [1.29, 1.82) is 0 Å². The van der Waals surface area contributed by atoms with Gasteiger partial charge in [0.25, 0.3) is 0 Å². The maximum Gasteiger partial charge on any atom is 0.339 e. The number of benzene rings is 1. The minimum absolute atomic E-state index is 0. The van der Waals surface area contributed by atoms with Crippen molar-refractivity contribution in [3.63, 3.8) is 0 Å². The van der Waals surface area contributed by atoms with Gasteiger partial charge in [0.05, 0.1) is 0 Å². The monoisotopic (exact) mass is 274 g/mol. The second kappa shape index (κ2) is 4.20. The topological polar surface area (TPSA) is 77.8 Å². The molecule has 0 saturated carbocycles. The SMILES string of the molecule is O=C(O)c1cc(O)ccc1O.[Sn]. The summed E-state index contributed by atoms with van der Waals surface area (Å²) in [5.41, 5.74) is -0.301. The van der Waals surface area contributed by atoms with Gasteiger partial charge in [-0.05, 0) is 18.2 Å². The molecule has 5 heteroatoms. The van der Waals surface area contributed by atoms with Crippen molar-refractivity contribution < 1.29 is 20.1 Å². The van der Waals surface area contributed by atoms with Gasteiger partial charge < -0.3 is 15.3 Å². The smallest absolute Gasteiger partial charge is 0.339 e. The van der Waals surface area contributed by atoms with E-state index in [-0.39, 0.29) is 41.0 Å². The molecule has 3 N–H and O–H groups in total. The Hall–Kier alpha value is -0.911. The van der Waals surface area contributed by atoms with Crippen LogP contribution in [0.5, 0.6) is 11.5 Å². The van der Waals surface area contributed by atoms with Crippen LogP contribution in [0.3, 0.4) is 0 Å². The van der Waals surface area contributed by atoms with Crippen LogP contribution < -0.4 is 0 Å². The van der Waals surface area contributed by atoms with Gasteiger partial charge in [0.2, 0.25) is 0 Å². The third-order valence-electron chi connectivity index (χ3n) is 1.21. The molecule has 1 aromatic carbocycles. The van der Waals surface area contributed by atoms with E-state index in [9.17, 15) is 4.79 Å². The van der Waals surface area contributed by atoms with Crippen molar-refractivity contribution in [2.24, 2.45) is 0 Å². The van der Waals surface area contributed by atoms with Crippen LogP contribution in [0.25, 0.3) is 0 Å². The Bertz CT molecular complexity index is 297. The van der Waals surface area contributed by atoms with E-state index in [1.165, 1.54) is 6.07 Å². The summed E-state index contributed by atoms with van der Waals surface area (Å²) in [5, 5.41) is 26.1. The standard InChI is InChI=1S/C7H6O4.Sn/c8-4-1-2-6(9)5(3-4)7(10)11;/h1-3,8-9H,(H,10,11);. The van der Waals surface area contributed by atoms with Gasteiger partial charge in [-0.1, -0.05) is 0 Å². The summed E-state index contributed by atoms with van der Waals surface area (Å²) in [6, 6.07) is 3.32. The van der Waals surface area contributed by atoms with E-state index in [0.29, 0.717) is 0 Å². The molecule has 0 amide bonds. The molecule has 0 aliphatic carbocycles. The Labute approximate surface area is 85.4 Å². The van der Waals surface area contributed by atoms with Gasteiger partial charge in [0.15, 0.2) is 0 Å². The Morgan fingerprint density at radius 2 is 1.83 bits per heavy atom. The molecule has 0 unspecified atom stereocenters. The summed E-state index contributed by atoms with van der Waals surface area (Å²) in [6.45, 7) is 0. The number of aromatic hydroxyl groups is 2. The molecule has 0 atom stereocenters. The molecule has 0 saturated heterocycles. The average molecular weight is 273 g/mol. The quantitative estimate of drug-likeness (QED) is 0.511. The van der Waals surface area contributed by atoms with Crippen LogP contribution in [-0.4, -0.2) is 45.2 Å². The van der Waals surface area contributed by atoms with Crippen molar-refractivity contribution in [1.82, 2.24) is 0 Å². The third kappa shape index (κ3) is 2.30. The van der Waals surface area contributed by atoms with Crippen molar-refractivity contribution in [3.8, 4) is 11.5 Å². The second-order valence-corrected chi connectivity index (χ2v) is 2.01. The van der Waals surface area contributed by atoms with Crippen LogP contribution in [0.1, 0.15) is 10.4 Å². The van der Waals surface area contributed by atoms with Gasteiger partial charge >= 0.3 is 5.97 Å². The van der Waals surface area contributed by atoms with E-state index >= 15 is 0 Å². The van der Waals surface area contributed by atoms with E-state index in [1.807, 2.05) is 0 Å². The molecule has 1 rings (SSSR count). The fourth-order valence-corrected chi connectivity index (χ4v) is 0.695. The van der Waals surface area contributed by atoms with E-state index in [4.69, 9.17) is 15.3 Å². The first kappa shape index (κ1) is 11.1. The molecule has 0 aliphatic rings. The molecular formula is C7H6O4Sn. The number of carboxylic acid groups (broad SMARTS) is 1. The first-order valence-corrected chi connectivity index (χ1v) is 2.86. The van der Waals surface area contributed by atoms with E-state index < -0.39 is 5.97 Å². The molecule has 0 heterocycles. The van der Waals surface area contributed by atoms with Crippen molar-refractivity contribution in [3.05, 3.63) is 23.8 Å². The molecule has 0 aromatic heterocycles. The van der Waals surface area contributed by atoms with Gasteiger partial charge in [-0.2, -0.15) is 0 Å². The normalized spacial score (nSPS) is 8.67. The molecule has 4 radical (unpaired) electrons. The Morgan fingerprint density at radius 1 is 1.25 bits per heavy atom. The zero-order chi connectivity index (χ0) is 8.43. The number of carbonyl (C=O) groups is 1. The van der Waals surface area contributed by atoms with Crippen LogP contribution in [-0.2, 0) is 0 Å². The molecular weight excluding hydrogens is 267 g/mol. The summed E-state index contributed by atoms with van der Waals surface area (Å²) in [7, 11) is 0. The molecule has 4 nitrogen and oxygen atoms in total. The number of phenols is 2. The number of carboxylic acids is 1. The largest absolute Gasteiger partial charge is 0.508 e. The van der Waals surface area contributed by atoms with Crippen LogP contribution in [0, 0.1) is 0 Å². The van der Waals surface area contributed by atoms with Gasteiger partial charge in [0, 0.05) is 23.9 Å². The Morgan fingerprint density at radius 3 is 2.25 bits per heavy atom. The summed E-state index contributed by atoms with van der Waals surface area (Å²) < 4.78 is 0. The first-order valence-electron chi connectivity index (χ1n) is 2.86. The molecule has 0 aliphatic heterocycles. The van der Waals surface area contributed by atoms with E-state index in [0.717, 1.165) is 12.1 Å². The maximum absolute atomic E-state index is 10.3. The maximum atomic E-state index is 10.3. The number of hydrogen-bond acceptors (Lipinski definition) is 3. The second-order valence-electron chi connectivity index (χ2n) is 2.01. The summed E-state index contributed by atoms with van der Waals surface area (Å²) in [6.07, 6.45) is 0. The van der Waals surface area contributed by atoms with E-state index in [2.05, 4.69) is 0 Å². The van der Waals surface area contributed by atoms with Gasteiger partial charge in [-0.3, -0.25) is 0 Å². The molecule has 0 bridgehead atoms.